The quantitative estimate of drug-likeness (QED) is 0.242. The number of phenolic OH excluding ortho intramolecular Hbond substituents is 4. The minimum absolute atomic E-state index is 0.0306. The van der Waals surface area contributed by atoms with Crippen molar-refractivity contribution in [2.45, 2.75) is 52.6 Å². The zero-order valence-electron chi connectivity index (χ0n) is 17.4. The van der Waals surface area contributed by atoms with Crippen molar-refractivity contribution in [3.8, 4) is 23.0 Å². The molecular formula is C23H26O7. The molecule has 0 spiro atoms. The minimum Gasteiger partial charge on any atom is -0.507 e. The van der Waals surface area contributed by atoms with Crippen molar-refractivity contribution >= 4 is 21.9 Å². The second-order valence-electron chi connectivity index (χ2n) is 8.42. The van der Waals surface area contributed by atoms with Gasteiger partial charge in [-0.2, -0.15) is 0 Å². The van der Waals surface area contributed by atoms with Gasteiger partial charge < -0.3 is 29.9 Å². The fraction of sp³-hybridized carbons (Fsp3) is 0.348. The van der Waals surface area contributed by atoms with Crippen LogP contribution in [0.5, 0.6) is 23.0 Å². The van der Waals surface area contributed by atoms with E-state index in [0.717, 1.165) is 11.6 Å². The van der Waals surface area contributed by atoms with Crippen molar-refractivity contribution in [1.29, 1.82) is 0 Å². The molecule has 0 atom stereocenters. The third-order valence-corrected chi connectivity index (χ3v) is 5.07. The molecule has 0 aliphatic carbocycles. The molecule has 0 amide bonds. The average molecular weight is 414 g/mol. The average Bonchev–Trinajstić information content (AvgIpc) is 2.60. The predicted octanol–water partition coefficient (Wildman–Crippen LogP) is 3.98. The normalized spacial score (nSPS) is 11.9. The number of benzene rings is 2. The van der Waals surface area contributed by atoms with Crippen LogP contribution in [-0.2, 0) is 12.8 Å². The van der Waals surface area contributed by atoms with E-state index in [1.165, 1.54) is 6.07 Å². The number of rotatable bonds is 5. The van der Waals surface area contributed by atoms with Gasteiger partial charge in [-0.1, -0.05) is 11.6 Å². The summed E-state index contributed by atoms with van der Waals surface area (Å²) in [5.74, 6) is -1.55. The van der Waals surface area contributed by atoms with Gasteiger partial charge in [-0.15, -0.1) is 0 Å². The van der Waals surface area contributed by atoms with Gasteiger partial charge in [0.15, 0.2) is 11.5 Å². The van der Waals surface area contributed by atoms with Crippen LogP contribution in [0.3, 0.4) is 0 Å². The second kappa shape index (κ2) is 7.57. The van der Waals surface area contributed by atoms with Gasteiger partial charge in [-0.05, 0) is 47.0 Å². The third kappa shape index (κ3) is 3.93. The van der Waals surface area contributed by atoms with Crippen LogP contribution in [-0.4, -0.2) is 31.1 Å². The smallest absolute Gasteiger partial charge is 0.204 e. The van der Waals surface area contributed by atoms with Crippen molar-refractivity contribution in [2.75, 3.05) is 0 Å². The Morgan fingerprint density at radius 2 is 1.57 bits per heavy atom. The van der Waals surface area contributed by atoms with E-state index in [9.17, 15) is 30.3 Å². The fourth-order valence-corrected chi connectivity index (χ4v) is 3.41. The number of allylic oxidation sites excluding steroid dienone is 2. The standard InChI is InChI=1S/C23H26O7/c1-11(2)5-6-13-18-16(10-15(25)20(13)26)30-17-9-14(24)12(7-8-23(3,4)29)21(27)19(17)22(18)28/h5,9-10,24-27,29H,6-8H2,1-4H3. The zero-order valence-corrected chi connectivity index (χ0v) is 17.4. The lowest BCUT2D eigenvalue weighted by molar-refractivity contribution is 0.0711. The number of aromatic hydroxyl groups is 4. The Morgan fingerprint density at radius 1 is 0.967 bits per heavy atom. The molecule has 5 N–H and O–H groups in total. The van der Waals surface area contributed by atoms with E-state index in [4.69, 9.17) is 4.42 Å². The highest BCUT2D eigenvalue weighted by Crippen LogP contribution is 2.40. The molecule has 0 radical (unpaired) electrons. The lowest BCUT2D eigenvalue weighted by Gasteiger charge is -2.18. The molecule has 0 unspecified atom stereocenters. The summed E-state index contributed by atoms with van der Waals surface area (Å²) in [4.78, 5) is 13.3. The summed E-state index contributed by atoms with van der Waals surface area (Å²) in [5.41, 5.74) is -0.352. The first kappa shape index (κ1) is 21.5. The molecule has 160 valence electrons. The highest BCUT2D eigenvalue weighted by molar-refractivity contribution is 5.97. The van der Waals surface area contributed by atoms with Crippen molar-refractivity contribution < 1.29 is 29.9 Å². The number of fused-ring (bicyclic) bond motifs is 2. The van der Waals surface area contributed by atoms with Crippen LogP contribution >= 0.6 is 0 Å². The van der Waals surface area contributed by atoms with E-state index in [1.807, 2.05) is 13.8 Å². The van der Waals surface area contributed by atoms with Gasteiger partial charge in [-0.25, -0.2) is 0 Å². The van der Waals surface area contributed by atoms with Gasteiger partial charge in [0.25, 0.3) is 0 Å². The Morgan fingerprint density at radius 3 is 2.17 bits per heavy atom. The summed E-state index contributed by atoms with van der Waals surface area (Å²) < 4.78 is 5.71. The van der Waals surface area contributed by atoms with Crippen LogP contribution in [0.1, 0.15) is 45.2 Å². The monoisotopic (exact) mass is 414 g/mol. The fourth-order valence-electron chi connectivity index (χ4n) is 3.41. The lowest BCUT2D eigenvalue weighted by atomic mass is 9.95. The lowest BCUT2D eigenvalue weighted by Crippen LogP contribution is -2.19. The summed E-state index contributed by atoms with van der Waals surface area (Å²) in [6.07, 6.45) is 2.36. The largest absolute Gasteiger partial charge is 0.507 e. The van der Waals surface area contributed by atoms with Crippen molar-refractivity contribution in [1.82, 2.24) is 0 Å². The molecular weight excluding hydrogens is 388 g/mol. The van der Waals surface area contributed by atoms with Crippen LogP contribution in [0.2, 0.25) is 0 Å². The van der Waals surface area contributed by atoms with E-state index < -0.39 is 28.3 Å². The predicted molar refractivity (Wildman–Crippen MR) is 114 cm³/mol. The summed E-state index contributed by atoms with van der Waals surface area (Å²) in [6.45, 7) is 6.94. The topological polar surface area (TPSA) is 131 Å². The molecule has 0 saturated carbocycles. The number of aliphatic hydroxyl groups is 1. The van der Waals surface area contributed by atoms with E-state index in [-0.39, 0.29) is 58.1 Å². The maximum absolute atomic E-state index is 13.3. The molecule has 3 aromatic rings. The first-order valence-electron chi connectivity index (χ1n) is 9.64. The zero-order chi connectivity index (χ0) is 22.4. The highest BCUT2D eigenvalue weighted by Gasteiger charge is 2.23. The second-order valence-corrected chi connectivity index (χ2v) is 8.42. The Labute approximate surface area is 173 Å². The summed E-state index contributed by atoms with van der Waals surface area (Å²) in [7, 11) is 0. The van der Waals surface area contributed by atoms with Gasteiger partial charge in [0, 0.05) is 23.3 Å². The van der Waals surface area contributed by atoms with Gasteiger partial charge in [0.05, 0.1) is 11.0 Å². The molecule has 1 heterocycles. The molecule has 7 heteroatoms. The highest BCUT2D eigenvalue weighted by atomic mass is 16.3. The number of phenols is 4. The molecule has 3 rings (SSSR count). The van der Waals surface area contributed by atoms with Crippen LogP contribution in [0.4, 0.5) is 0 Å². The number of hydrogen-bond acceptors (Lipinski definition) is 7. The summed E-state index contributed by atoms with van der Waals surface area (Å²) in [5, 5.41) is 51.4. The molecule has 0 fully saturated rings. The van der Waals surface area contributed by atoms with Crippen molar-refractivity contribution in [3.05, 3.63) is 45.1 Å². The maximum Gasteiger partial charge on any atom is 0.204 e. The first-order chi connectivity index (χ1) is 13.9. The van der Waals surface area contributed by atoms with E-state index >= 15 is 0 Å². The minimum atomic E-state index is -1.03. The van der Waals surface area contributed by atoms with E-state index in [0.29, 0.717) is 0 Å². The molecule has 0 saturated heterocycles. The molecule has 0 aliphatic heterocycles. The summed E-state index contributed by atoms with van der Waals surface area (Å²) in [6, 6.07) is 2.36. The molecule has 2 aromatic carbocycles. The van der Waals surface area contributed by atoms with Gasteiger partial charge in [0.1, 0.15) is 28.1 Å². The van der Waals surface area contributed by atoms with E-state index in [1.54, 1.807) is 19.9 Å². The molecule has 30 heavy (non-hydrogen) atoms. The Bertz CT molecular complexity index is 1220. The Kier molecular flexibility index (Phi) is 5.43. The first-order valence-corrected chi connectivity index (χ1v) is 9.64. The van der Waals surface area contributed by atoms with Crippen LogP contribution < -0.4 is 5.43 Å². The third-order valence-electron chi connectivity index (χ3n) is 5.07. The van der Waals surface area contributed by atoms with Gasteiger partial charge >= 0.3 is 0 Å². The van der Waals surface area contributed by atoms with Gasteiger partial charge in [-0.3, -0.25) is 4.79 Å². The van der Waals surface area contributed by atoms with Crippen molar-refractivity contribution in [3.63, 3.8) is 0 Å². The van der Waals surface area contributed by atoms with Crippen molar-refractivity contribution in [2.24, 2.45) is 0 Å². The van der Waals surface area contributed by atoms with Crippen LogP contribution in [0.15, 0.2) is 33.0 Å². The molecule has 0 aliphatic rings. The molecule has 7 nitrogen and oxygen atoms in total. The van der Waals surface area contributed by atoms with E-state index in [2.05, 4.69) is 0 Å². The van der Waals surface area contributed by atoms with Crippen LogP contribution in [0.25, 0.3) is 21.9 Å². The number of hydrogen-bond donors (Lipinski definition) is 5. The SMILES string of the molecule is CC(C)=CCc1c(O)c(O)cc2oc3cc(O)c(CCC(C)(C)O)c(O)c3c(=O)c12. The molecule has 1 aromatic heterocycles. The van der Waals surface area contributed by atoms with Crippen LogP contribution in [0, 0.1) is 0 Å². The Balaban J connectivity index is 2.36. The Hall–Kier alpha value is -3.19. The molecule has 0 bridgehead atoms. The summed E-state index contributed by atoms with van der Waals surface area (Å²) >= 11 is 0. The van der Waals surface area contributed by atoms with Gasteiger partial charge in [0.2, 0.25) is 5.43 Å². The maximum atomic E-state index is 13.3.